The Balaban J connectivity index is 2.86. The predicted octanol–water partition coefficient (Wildman–Crippen LogP) is 2.66. The van der Waals surface area contributed by atoms with E-state index in [4.69, 9.17) is 0 Å². The van der Waals surface area contributed by atoms with Crippen LogP contribution in [0.3, 0.4) is 0 Å². The quantitative estimate of drug-likeness (QED) is 0.832. The summed E-state index contributed by atoms with van der Waals surface area (Å²) in [4.78, 5) is 11.8. The van der Waals surface area contributed by atoms with Crippen LogP contribution < -0.4 is 5.32 Å². The van der Waals surface area contributed by atoms with E-state index >= 15 is 0 Å². The Hall–Kier alpha value is -1.83. The third-order valence-electron chi connectivity index (χ3n) is 2.93. The predicted molar refractivity (Wildman–Crippen MR) is 82.4 cm³/mol. The van der Waals surface area contributed by atoms with Gasteiger partial charge in [0.2, 0.25) is 5.91 Å². The number of sulfone groups is 1. The first-order valence-corrected chi connectivity index (χ1v) is 8.78. The molecule has 1 atom stereocenters. The molecule has 0 spiro atoms. The van der Waals surface area contributed by atoms with Crippen molar-refractivity contribution in [3.63, 3.8) is 0 Å². The number of amides is 1. The summed E-state index contributed by atoms with van der Waals surface area (Å²) in [6, 6.07) is 4.04. The molecule has 0 aromatic heterocycles. The third-order valence-corrected chi connectivity index (χ3v) is 4.04. The van der Waals surface area contributed by atoms with Crippen LogP contribution in [0.25, 0.3) is 5.57 Å². The summed E-state index contributed by atoms with van der Waals surface area (Å²) in [5.74, 6) is -0.772. The topological polar surface area (TPSA) is 63.2 Å². The normalized spacial score (nSPS) is 14.4. The Morgan fingerprint density at radius 3 is 2.48 bits per heavy atom. The van der Waals surface area contributed by atoms with E-state index in [1.54, 1.807) is 0 Å². The molecule has 0 bridgehead atoms. The molecule has 0 aliphatic carbocycles. The lowest BCUT2D eigenvalue weighted by Gasteiger charge is -2.12. The van der Waals surface area contributed by atoms with E-state index in [0.717, 1.165) is 24.5 Å². The second-order valence-electron chi connectivity index (χ2n) is 5.41. The Morgan fingerprint density at radius 1 is 1.35 bits per heavy atom. The Labute approximate surface area is 133 Å². The molecule has 1 rings (SSSR count). The van der Waals surface area contributed by atoms with Gasteiger partial charge in [-0.1, -0.05) is 12.1 Å². The van der Waals surface area contributed by atoms with Gasteiger partial charge in [-0.25, -0.2) is 8.42 Å². The monoisotopic (exact) mass is 349 g/mol. The lowest BCUT2D eigenvalue weighted by Crippen LogP contribution is -2.36. The van der Waals surface area contributed by atoms with Gasteiger partial charge in [0.15, 0.2) is 0 Å². The van der Waals surface area contributed by atoms with Crippen LogP contribution in [0.4, 0.5) is 13.2 Å². The highest BCUT2D eigenvalue weighted by molar-refractivity contribution is 7.90. The molecule has 8 heteroatoms. The van der Waals surface area contributed by atoms with Crippen molar-refractivity contribution in [2.45, 2.75) is 26.1 Å². The van der Waals surface area contributed by atoms with E-state index in [0.29, 0.717) is 5.57 Å². The fourth-order valence-electron chi connectivity index (χ4n) is 2.00. The number of alkyl halides is 3. The van der Waals surface area contributed by atoms with Gasteiger partial charge in [0.05, 0.1) is 11.3 Å². The SMILES string of the molecule is C/C(=C/C(=O)NC(C)CS(C)(=O)=O)c1cccc(C(F)(F)F)c1. The molecule has 0 saturated carbocycles. The summed E-state index contributed by atoms with van der Waals surface area (Å²) in [5, 5.41) is 2.47. The first-order valence-electron chi connectivity index (χ1n) is 6.72. The summed E-state index contributed by atoms with van der Waals surface area (Å²) in [6.07, 6.45) is -2.25. The van der Waals surface area contributed by atoms with E-state index in [2.05, 4.69) is 5.32 Å². The average Bonchev–Trinajstić information content (AvgIpc) is 2.35. The number of carbonyl (C=O) groups excluding carboxylic acids is 1. The molecule has 0 aliphatic heterocycles. The van der Waals surface area contributed by atoms with Gasteiger partial charge in [-0.3, -0.25) is 4.79 Å². The van der Waals surface area contributed by atoms with Gasteiger partial charge in [0, 0.05) is 18.4 Å². The smallest absolute Gasteiger partial charge is 0.349 e. The fourth-order valence-corrected chi connectivity index (χ4v) is 2.99. The summed E-state index contributed by atoms with van der Waals surface area (Å²) in [6.45, 7) is 3.04. The molecule has 0 saturated heterocycles. The minimum atomic E-state index is -4.46. The summed E-state index contributed by atoms with van der Waals surface area (Å²) >= 11 is 0. The molecule has 0 heterocycles. The lowest BCUT2D eigenvalue weighted by molar-refractivity contribution is -0.137. The zero-order valence-electron chi connectivity index (χ0n) is 12.9. The van der Waals surface area contributed by atoms with Crippen LogP contribution in [0, 0.1) is 0 Å². The molecule has 4 nitrogen and oxygen atoms in total. The average molecular weight is 349 g/mol. The highest BCUT2D eigenvalue weighted by Gasteiger charge is 2.30. The number of carbonyl (C=O) groups is 1. The van der Waals surface area contributed by atoms with Crippen molar-refractivity contribution in [1.29, 1.82) is 0 Å². The first kappa shape index (κ1) is 19.2. The highest BCUT2D eigenvalue weighted by Crippen LogP contribution is 2.30. The van der Waals surface area contributed by atoms with Gasteiger partial charge >= 0.3 is 6.18 Å². The zero-order valence-corrected chi connectivity index (χ0v) is 13.8. The number of hydrogen-bond donors (Lipinski definition) is 1. The summed E-state index contributed by atoms with van der Waals surface area (Å²) in [5.41, 5.74) is -0.181. The maximum absolute atomic E-state index is 12.7. The minimum Gasteiger partial charge on any atom is -0.349 e. The molecule has 23 heavy (non-hydrogen) atoms. The summed E-state index contributed by atoms with van der Waals surface area (Å²) < 4.78 is 60.3. The van der Waals surface area contributed by atoms with Crippen molar-refractivity contribution in [3.05, 3.63) is 41.5 Å². The molecule has 1 aromatic carbocycles. The zero-order chi connectivity index (χ0) is 17.8. The van der Waals surface area contributed by atoms with E-state index in [1.165, 1.54) is 26.0 Å². The van der Waals surface area contributed by atoms with Crippen molar-refractivity contribution in [1.82, 2.24) is 5.32 Å². The van der Waals surface area contributed by atoms with Crippen molar-refractivity contribution >= 4 is 21.3 Å². The Morgan fingerprint density at radius 2 is 1.96 bits per heavy atom. The fraction of sp³-hybridized carbons (Fsp3) is 0.400. The van der Waals surface area contributed by atoms with Crippen LogP contribution in [-0.2, 0) is 20.8 Å². The molecular weight excluding hydrogens is 331 g/mol. The Kier molecular flexibility index (Phi) is 5.98. The van der Waals surface area contributed by atoms with Crippen LogP contribution in [0.15, 0.2) is 30.3 Å². The van der Waals surface area contributed by atoms with Gasteiger partial charge in [-0.15, -0.1) is 0 Å². The van der Waals surface area contributed by atoms with Crippen molar-refractivity contribution in [2.24, 2.45) is 0 Å². The van der Waals surface area contributed by atoms with Crippen molar-refractivity contribution in [2.75, 3.05) is 12.0 Å². The van der Waals surface area contributed by atoms with Gasteiger partial charge in [-0.2, -0.15) is 13.2 Å². The molecule has 0 radical (unpaired) electrons. The van der Waals surface area contributed by atoms with E-state index in [1.807, 2.05) is 0 Å². The highest BCUT2D eigenvalue weighted by atomic mass is 32.2. The van der Waals surface area contributed by atoms with E-state index in [9.17, 15) is 26.4 Å². The van der Waals surface area contributed by atoms with Crippen LogP contribution in [0.5, 0.6) is 0 Å². The first-order chi connectivity index (χ1) is 10.4. The molecule has 128 valence electrons. The van der Waals surface area contributed by atoms with Crippen molar-refractivity contribution in [3.8, 4) is 0 Å². The molecule has 1 amide bonds. The van der Waals surface area contributed by atoms with Crippen LogP contribution in [-0.4, -0.2) is 32.4 Å². The van der Waals surface area contributed by atoms with Gasteiger partial charge in [0.25, 0.3) is 0 Å². The van der Waals surface area contributed by atoms with Crippen LogP contribution >= 0.6 is 0 Å². The maximum atomic E-state index is 12.7. The molecule has 0 aliphatic rings. The number of allylic oxidation sites excluding steroid dienone is 1. The second-order valence-corrected chi connectivity index (χ2v) is 7.59. The second kappa shape index (κ2) is 7.16. The summed E-state index contributed by atoms with van der Waals surface area (Å²) in [7, 11) is -3.23. The molecule has 1 unspecified atom stereocenters. The van der Waals surface area contributed by atoms with E-state index in [-0.39, 0.29) is 11.3 Å². The van der Waals surface area contributed by atoms with Crippen LogP contribution in [0.2, 0.25) is 0 Å². The molecular formula is C15H18F3NO3S. The Bertz CT molecular complexity index is 709. The molecule has 0 fully saturated rings. The third kappa shape index (κ3) is 6.85. The number of rotatable bonds is 5. The van der Waals surface area contributed by atoms with Gasteiger partial charge in [0.1, 0.15) is 9.84 Å². The molecule has 1 N–H and O–H groups in total. The lowest BCUT2D eigenvalue weighted by atomic mass is 10.0. The molecule has 1 aromatic rings. The number of nitrogens with one attached hydrogen (secondary N) is 1. The van der Waals surface area contributed by atoms with Crippen molar-refractivity contribution < 1.29 is 26.4 Å². The van der Waals surface area contributed by atoms with E-state index < -0.39 is 33.5 Å². The largest absolute Gasteiger partial charge is 0.416 e. The number of benzene rings is 1. The van der Waals surface area contributed by atoms with Crippen LogP contribution in [0.1, 0.15) is 25.0 Å². The van der Waals surface area contributed by atoms with Gasteiger partial charge < -0.3 is 5.32 Å². The standard InChI is InChI=1S/C15H18F3NO3S/c1-10(7-14(20)19-11(2)9-23(3,21)22)12-5-4-6-13(8-12)15(16,17)18/h4-8,11H,9H2,1-3H3,(H,19,20)/b10-7-. The minimum absolute atomic E-state index is 0.213. The number of halogens is 3. The maximum Gasteiger partial charge on any atom is 0.416 e. The number of hydrogen-bond acceptors (Lipinski definition) is 3. The van der Waals surface area contributed by atoms with Gasteiger partial charge in [-0.05, 0) is 37.1 Å².